The molecule has 2 nitrogen and oxygen atoms in total. The first kappa shape index (κ1) is 13.2. The molecule has 5 heteroatoms. The van der Waals surface area contributed by atoms with Gasteiger partial charge in [-0.15, -0.1) is 0 Å². The highest BCUT2D eigenvalue weighted by atomic mass is 19.3. The van der Waals surface area contributed by atoms with Gasteiger partial charge in [0.2, 0.25) is 0 Å². The van der Waals surface area contributed by atoms with Crippen molar-refractivity contribution in [3.05, 3.63) is 30.1 Å². The first-order chi connectivity index (χ1) is 8.51. The molecule has 0 saturated carbocycles. The Hall–Kier alpha value is -1.23. The molecule has 0 spiro atoms. The van der Waals surface area contributed by atoms with E-state index in [9.17, 15) is 13.2 Å². The molecule has 2 N–H and O–H groups in total. The molecule has 100 valence electrons. The third-order valence-electron chi connectivity index (χ3n) is 3.53. The van der Waals surface area contributed by atoms with Crippen molar-refractivity contribution in [2.24, 2.45) is 5.73 Å². The van der Waals surface area contributed by atoms with Crippen molar-refractivity contribution < 1.29 is 13.2 Å². The Bertz CT molecular complexity index is 411. The molecule has 0 radical (unpaired) electrons. The van der Waals surface area contributed by atoms with Crippen LogP contribution in [0.25, 0.3) is 0 Å². The fourth-order valence-electron chi connectivity index (χ4n) is 2.33. The van der Waals surface area contributed by atoms with Crippen molar-refractivity contribution in [3.63, 3.8) is 0 Å². The third-order valence-corrected chi connectivity index (χ3v) is 3.53. The van der Waals surface area contributed by atoms with Gasteiger partial charge in [-0.05, 0) is 37.5 Å². The van der Waals surface area contributed by atoms with Crippen LogP contribution < -0.4 is 10.6 Å². The van der Waals surface area contributed by atoms with E-state index in [4.69, 9.17) is 5.73 Å². The first-order valence-corrected chi connectivity index (χ1v) is 6.09. The maximum absolute atomic E-state index is 13.1. The van der Waals surface area contributed by atoms with Crippen LogP contribution in [0.4, 0.5) is 18.9 Å². The molecule has 1 aliphatic rings. The maximum atomic E-state index is 13.1. The molecule has 1 aromatic carbocycles. The number of alkyl halides is 2. The van der Waals surface area contributed by atoms with E-state index >= 15 is 0 Å². The zero-order valence-electron chi connectivity index (χ0n) is 10.1. The second-order valence-electron chi connectivity index (χ2n) is 4.85. The van der Waals surface area contributed by atoms with E-state index < -0.39 is 12.0 Å². The van der Waals surface area contributed by atoms with Crippen LogP contribution in [0.5, 0.6) is 0 Å². The van der Waals surface area contributed by atoms with Crippen molar-refractivity contribution in [2.45, 2.75) is 31.2 Å². The van der Waals surface area contributed by atoms with Gasteiger partial charge in [0.05, 0.1) is 5.54 Å². The lowest BCUT2D eigenvalue weighted by Crippen LogP contribution is -2.47. The molecule has 2 rings (SSSR count). The van der Waals surface area contributed by atoms with E-state index in [1.54, 1.807) is 12.1 Å². The lowest BCUT2D eigenvalue weighted by atomic mass is 9.92. The summed E-state index contributed by atoms with van der Waals surface area (Å²) in [5.41, 5.74) is 5.05. The van der Waals surface area contributed by atoms with Crippen LogP contribution in [0.2, 0.25) is 0 Å². The van der Waals surface area contributed by atoms with Gasteiger partial charge in [-0.25, -0.2) is 13.2 Å². The molecular formula is C13H17F3N2. The van der Waals surface area contributed by atoms with Crippen LogP contribution in [-0.2, 0) is 0 Å². The van der Waals surface area contributed by atoms with Crippen molar-refractivity contribution in [1.82, 2.24) is 0 Å². The van der Waals surface area contributed by atoms with Gasteiger partial charge in [0.1, 0.15) is 5.82 Å². The summed E-state index contributed by atoms with van der Waals surface area (Å²) in [6, 6.07) is 6.20. The Balaban J connectivity index is 2.10. The summed E-state index contributed by atoms with van der Waals surface area (Å²) in [7, 11) is 0. The van der Waals surface area contributed by atoms with Crippen molar-refractivity contribution in [3.8, 4) is 0 Å². The van der Waals surface area contributed by atoms with Crippen LogP contribution in [-0.4, -0.2) is 25.1 Å². The Morgan fingerprint density at radius 2 is 2.00 bits per heavy atom. The van der Waals surface area contributed by atoms with Gasteiger partial charge in [-0.3, -0.25) is 0 Å². The summed E-state index contributed by atoms with van der Waals surface area (Å²) in [5, 5.41) is 0. The van der Waals surface area contributed by atoms with Gasteiger partial charge in [-0.2, -0.15) is 0 Å². The molecule has 18 heavy (non-hydrogen) atoms. The quantitative estimate of drug-likeness (QED) is 0.883. The average Bonchev–Trinajstić information content (AvgIpc) is 2.52. The van der Waals surface area contributed by atoms with Crippen molar-refractivity contribution >= 4 is 5.69 Å². The SMILES string of the molecule is NC1(C(F)F)CCCN(c2cccc(F)c2)CC1. The highest BCUT2D eigenvalue weighted by molar-refractivity contribution is 5.46. The van der Waals surface area contributed by atoms with Crippen LogP contribution in [0, 0.1) is 5.82 Å². The molecule has 1 fully saturated rings. The molecule has 0 aliphatic carbocycles. The molecule has 1 heterocycles. The van der Waals surface area contributed by atoms with E-state index in [1.807, 2.05) is 4.90 Å². The smallest absolute Gasteiger partial charge is 0.256 e. The number of nitrogens with two attached hydrogens (primary N) is 1. The summed E-state index contributed by atoms with van der Waals surface area (Å²) < 4.78 is 38.9. The first-order valence-electron chi connectivity index (χ1n) is 6.09. The number of halogens is 3. The zero-order chi connectivity index (χ0) is 13.2. The summed E-state index contributed by atoms with van der Waals surface area (Å²) >= 11 is 0. The molecule has 0 amide bonds. The van der Waals surface area contributed by atoms with Crippen LogP contribution in [0.1, 0.15) is 19.3 Å². The van der Waals surface area contributed by atoms with Gasteiger partial charge in [0, 0.05) is 18.8 Å². The lowest BCUT2D eigenvalue weighted by molar-refractivity contribution is 0.0466. The number of hydrogen-bond acceptors (Lipinski definition) is 2. The lowest BCUT2D eigenvalue weighted by Gasteiger charge is -2.27. The Kier molecular flexibility index (Phi) is 3.80. The van der Waals surface area contributed by atoms with Crippen LogP contribution >= 0.6 is 0 Å². The fraction of sp³-hybridized carbons (Fsp3) is 0.538. The van der Waals surface area contributed by atoms with Gasteiger partial charge in [-0.1, -0.05) is 6.07 Å². The van der Waals surface area contributed by atoms with Crippen LogP contribution in [0.3, 0.4) is 0 Å². The minimum Gasteiger partial charge on any atom is -0.371 e. The van der Waals surface area contributed by atoms with Crippen molar-refractivity contribution in [1.29, 1.82) is 0 Å². The molecular weight excluding hydrogens is 241 g/mol. The predicted octanol–water partition coefficient (Wildman–Crippen LogP) is 2.78. The summed E-state index contributed by atoms with van der Waals surface area (Å²) in [6.45, 7) is 1.07. The molecule has 1 saturated heterocycles. The largest absolute Gasteiger partial charge is 0.371 e. The number of benzene rings is 1. The van der Waals surface area contributed by atoms with Gasteiger partial charge >= 0.3 is 0 Å². The van der Waals surface area contributed by atoms with Crippen LogP contribution in [0.15, 0.2) is 24.3 Å². The molecule has 0 bridgehead atoms. The fourth-order valence-corrected chi connectivity index (χ4v) is 2.33. The second kappa shape index (κ2) is 5.18. The Morgan fingerprint density at radius 1 is 1.22 bits per heavy atom. The highest BCUT2D eigenvalue weighted by Crippen LogP contribution is 2.28. The predicted molar refractivity (Wildman–Crippen MR) is 65.4 cm³/mol. The summed E-state index contributed by atoms with van der Waals surface area (Å²) in [4.78, 5) is 1.92. The minimum atomic E-state index is -2.51. The number of rotatable bonds is 2. The minimum absolute atomic E-state index is 0.223. The second-order valence-corrected chi connectivity index (χ2v) is 4.85. The van der Waals surface area contributed by atoms with E-state index in [2.05, 4.69) is 0 Å². The van der Waals surface area contributed by atoms with E-state index in [-0.39, 0.29) is 12.2 Å². The molecule has 1 unspecified atom stereocenters. The molecule has 0 aromatic heterocycles. The molecule has 1 aliphatic heterocycles. The number of anilines is 1. The monoisotopic (exact) mass is 258 g/mol. The van der Waals surface area contributed by atoms with Gasteiger partial charge in [0.15, 0.2) is 0 Å². The maximum Gasteiger partial charge on any atom is 0.256 e. The number of nitrogens with zero attached hydrogens (tertiary/aromatic N) is 1. The normalized spacial score (nSPS) is 25.3. The summed E-state index contributed by atoms with van der Waals surface area (Å²) in [6.07, 6.45) is -1.39. The molecule has 1 aromatic rings. The standard InChI is InChI=1S/C13H17F3N2/c14-10-3-1-4-11(9-10)18-7-2-5-13(17,6-8-18)12(15)16/h1,3-4,9,12H,2,5-8,17H2. The summed E-state index contributed by atoms with van der Waals surface area (Å²) in [5.74, 6) is -0.315. The van der Waals surface area contributed by atoms with Gasteiger partial charge in [0.25, 0.3) is 6.43 Å². The van der Waals surface area contributed by atoms with E-state index in [0.717, 1.165) is 5.69 Å². The molecule has 1 atom stereocenters. The number of hydrogen-bond donors (Lipinski definition) is 1. The van der Waals surface area contributed by atoms with E-state index in [1.165, 1.54) is 12.1 Å². The average molecular weight is 258 g/mol. The van der Waals surface area contributed by atoms with E-state index in [0.29, 0.717) is 25.9 Å². The zero-order valence-corrected chi connectivity index (χ0v) is 10.1. The Labute approximate surface area is 105 Å². The Morgan fingerprint density at radius 3 is 2.67 bits per heavy atom. The van der Waals surface area contributed by atoms with Crippen molar-refractivity contribution in [2.75, 3.05) is 18.0 Å². The third kappa shape index (κ3) is 2.77. The highest BCUT2D eigenvalue weighted by Gasteiger charge is 2.37. The van der Waals surface area contributed by atoms with Gasteiger partial charge < -0.3 is 10.6 Å². The topological polar surface area (TPSA) is 29.3 Å².